The van der Waals surface area contributed by atoms with Crippen LogP contribution in [0.25, 0.3) is 10.8 Å². The number of rotatable bonds is 4. The highest BCUT2D eigenvalue weighted by atomic mass is 79.9. The van der Waals surface area contributed by atoms with Gasteiger partial charge in [0.25, 0.3) is 0 Å². The Morgan fingerprint density at radius 2 is 2.00 bits per heavy atom. The molecule has 4 nitrogen and oxygen atoms in total. The third kappa shape index (κ3) is 2.97. The minimum Gasteiger partial charge on any atom is -0.438 e. The van der Waals surface area contributed by atoms with Crippen LogP contribution in [0.15, 0.2) is 53.1 Å². The quantitative estimate of drug-likeness (QED) is 0.750. The van der Waals surface area contributed by atoms with Crippen molar-refractivity contribution in [2.45, 2.75) is 6.92 Å². The summed E-state index contributed by atoms with van der Waals surface area (Å²) in [6, 6.07) is 13.8. The Kier molecular flexibility index (Phi) is 4.01. The molecule has 1 aromatic heterocycles. The average Bonchev–Trinajstić information content (AvgIpc) is 2.51. The first-order valence-electron chi connectivity index (χ1n) is 6.70. The summed E-state index contributed by atoms with van der Waals surface area (Å²) < 4.78 is 6.79. The van der Waals surface area contributed by atoms with Gasteiger partial charge >= 0.3 is 0 Å². The van der Waals surface area contributed by atoms with Gasteiger partial charge in [0, 0.05) is 18.8 Å². The van der Waals surface area contributed by atoms with Gasteiger partial charge in [-0.1, -0.05) is 30.3 Å². The topological polar surface area (TPSA) is 47.0 Å². The highest BCUT2D eigenvalue weighted by molar-refractivity contribution is 9.10. The molecule has 0 radical (unpaired) electrons. The van der Waals surface area contributed by atoms with E-state index in [1.807, 2.05) is 31.2 Å². The summed E-state index contributed by atoms with van der Waals surface area (Å²) in [5.41, 5.74) is 0. The third-order valence-corrected chi connectivity index (χ3v) is 3.83. The Bertz CT molecular complexity index is 776. The molecule has 0 unspecified atom stereocenters. The molecule has 3 rings (SSSR count). The average molecular weight is 344 g/mol. The Balaban J connectivity index is 1.94. The van der Waals surface area contributed by atoms with Gasteiger partial charge in [0.1, 0.15) is 5.75 Å². The summed E-state index contributed by atoms with van der Waals surface area (Å²) >= 11 is 3.60. The van der Waals surface area contributed by atoms with Crippen molar-refractivity contribution < 1.29 is 4.74 Å². The van der Waals surface area contributed by atoms with Crippen LogP contribution in [-0.4, -0.2) is 16.5 Å². The standard InChI is InChI=1S/C16H14BrN3O/c1-2-18-16-19-10-9-14(20-16)21-13-8-7-11-5-3-4-6-12(11)15(13)17/h3-10H,2H2,1H3,(H,18,19,20). The zero-order valence-electron chi connectivity index (χ0n) is 11.5. The molecule has 0 saturated carbocycles. The van der Waals surface area contributed by atoms with Crippen molar-refractivity contribution in [2.75, 3.05) is 11.9 Å². The SMILES string of the molecule is CCNc1nccc(Oc2ccc3ccccc3c2Br)n1. The lowest BCUT2D eigenvalue weighted by Gasteiger charge is -2.10. The minimum atomic E-state index is 0.511. The van der Waals surface area contributed by atoms with E-state index in [1.165, 1.54) is 0 Å². The molecule has 0 amide bonds. The van der Waals surface area contributed by atoms with E-state index in [4.69, 9.17) is 4.74 Å². The number of nitrogens with zero attached hydrogens (tertiary/aromatic N) is 2. The van der Waals surface area contributed by atoms with Gasteiger partial charge in [-0.25, -0.2) is 4.98 Å². The highest BCUT2D eigenvalue weighted by Crippen LogP contribution is 2.35. The first-order chi connectivity index (χ1) is 10.3. The third-order valence-electron chi connectivity index (χ3n) is 3.01. The van der Waals surface area contributed by atoms with Crippen LogP contribution >= 0.6 is 15.9 Å². The molecule has 5 heteroatoms. The predicted octanol–water partition coefficient (Wildman–Crippen LogP) is 4.62. The molecule has 0 fully saturated rings. The van der Waals surface area contributed by atoms with Gasteiger partial charge in [-0.2, -0.15) is 4.98 Å². The summed E-state index contributed by atoms with van der Waals surface area (Å²) in [6.45, 7) is 2.76. The number of halogens is 1. The van der Waals surface area contributed by atoms with Crippen molar-refractivity contribution in [1.82, 2.24) is 9.97 Å². The number of anilines is 1. The van der Waals surface area contributed by atoms with Crippen LogP contribution in [0.1, 0.15) is 6.92 Å². The summed E-state index contributed by atoms with van der Waals surface area (Å²) in [5.74, 6) is 1.80. The van der Waals surface area contributed by atoms with Crippen molar-refractivity contribution in [3.63, 3.8) is 0 Å². The van der Waals surface area contributed by atoms with Gasteiger partial charge in [-0.05, 0) is 39.7 Å². The van der Waals surface area contributed by atoms with E-state index in [0.29, 0.717) is 11.8 Å². The van der Waals surface area contributed by atoms with Crippen LogP contribution in [0.5, 0.6) is 11.6 Å². The summed E-state index contributed by atoms with van der Waals surface area (Å²) in [7, 11) is 0. The molecule has 3 aromatic rings. The Labute approximate surface area is 131 Å². The first kappa shape index (κ1) is 13.8. The van der Waals surface area contributed by atoms with Crippen molar-refractivity contribution in [1.29, 1.82) is 0 Å². The lowest BCUT2D eigenvalue weighted by Crippen LogP contribution is -2.02. The molecule has 106 valence electrons. The fourth-order valence-electron chi connectivity index (χ4n) is 2.05. The van der Waals surface area contributed by atoms with Crippen LogP contribution in [-0.2, 0) is 0 Å². The lowest BCUT2D eigenvalue weighted by atomic mass is 10.1. The molecule has 0 aliphatic heterocycles. The number of ether oxygens (including phenoxy) is 1. The van der Waals surface area contributed by atoms with Crippen molar-refractivity contribution in [3.05, 3.63) is 53.1 Å². The highest BCUT2D eigenvalue weighted by Gasteiger charge is 2.08. The first-order valence-corrected chi connectivity index (χ1v) is 7.49. The monoisotopic (exact) mass is 343 g/mol. The zero-order valence-corrected chi connectivity index (χ0v) is 13.1. The van der Waals surface area contributed by atoms with Gasteiger partial charge in [-0.15, -0.1) is 0 Å². The van der Waals surface area contributed by atoms with E-state index in [1.54, 1.807) is 12.3 Å². The fourth-order valence-corrected chi connectivity index (χ4v) is 2.62. The maximum Gasteiger partial charge on any atom is 0.225 e. The van der Waals surface area contributed by atoms with Gasteiger partial charge in [0.15, 0.2) is 0 Å². The molecule has 0 aliphatic rings. The molecule has 0 spiro atoms. The molecule has 21 heavy (non-hydrogen) atoms. The van der Waals surface area contributed by atoms with E-state index in [0.717, 1.165) is 27.5 Å². The van der Waals surface area contributed by atoms with Gasteiger partial charge in [0.05, 0.1) is 4.47 Å². The molecule has 0 atom stereocenters. The fraction of sp³-hybridized carbons (Fsp3) is 0.125. The number of fused-ring (bicyclic) bond motifs is 1. The van der Waals surface area contributed by atoms with Crippen LogP contribution in [0, 0.1) is 0 Å². The summed E-state index contributed by atoms with van der Waals surface area (Å²) in [6.07, 6.45) is 1.68. The Hall–Kier alpha value is -2.14. The Morgan fingerprint density at radius 1 is 1.14 bits per heavy atom. The lowest BCUT2D eigenvalue weighted by molar-refractivity contribution is 0.460. The normalized spacial score (nSPS) is 10.6. The van der Waals surface area contributed by atoms with Crippen LogP contribution in [0.2, 0.25) is 0 Å². The number of hydrogen-bond donors (Lipinski definition) is 1. The van der Waals surface area contributed by atoms with E-state index in [-0.39, 0.29) is 0 Å². The molecule has 1 N–H and O–H groups in total. The van der Waals surface area contributed by atoms with Gasteiger partial charge in [-0.3, -0.25) is 0 Å². The number of aromatic nitrogens is 2. The second-order valence-electron chi connectivity index (χ2n) is 4.45. The zero-order chi connectivity index (χ0) is 14.7. The summed E-state index contributed by atoms with van der Waals surface area (Å²) in [4.78, 5) is 8.44. The molecular formula is C16H14BrN3O. The smallest absolute Gasteiger partial charge is 0.225 e. The number of hydrogen-bond acceptors (Lipinski definition) is 4. The molecular weight excluding hydrogens is 330 g/mol. The minimum absolute atomic E-state index is 0.511. The van der Waals surface area contributed by atoms with Gasteiger partial charge in [0.2, 0.25) is 11.8 Å². The second-order valence-corrected chi connectivity index (χ2v) is 5.24. The number of nitrogens with one attached hydrogen (secondary N) is 1. The number of benzene rings is 2. The molecule has 0 aliphatic carbocycles. The van der Waals surface area contributed by atoms with Crippen molar-refractivity contribution in [2.24, 2.45) is 0 Å². The van der Waals surface area contributed by atoms with E-state index in [9.17, 15) is 0 Å². The van der Waals surface area contributed by atoms with E-state index in [2.05, 4.69) is 43.3 Å². The van der Waals surface area contributed by atoms with Crippen LogP contribution in [0.3, 0.4) is 0 Å². The molecule has 0 saturated heterocycles. The largest absolute Gasteiger partial charge is 0.438 e. The van der Waals surface area contributed by atoms with Crippen molar-refractivity contribution >= 4 is 32.7 Å². The van der Waals surface area contributed by atoms with E-state index < -0.39 is 0 Å². The Morgan fingerprint density at radius 3 is 2.86 bits per heavy atom. The van der Waals surface area contributed by atoms with Crippen LogP contribution in [0.4, 0.5) is 5.95 Å². The molecule has 2 aromatic carbocycles. The maximum absolute atomic E-state index is 5.87. The maximum atomic E-state index is 5.87. The molecule has 0 bridgehead atoms. The van der Waals surface area contributed by atoms with E-state index >= 15 is 0 Å². The second kappa shape index (κ2) is 6.10. The van der Waals surface area contributed by atoms with Crippen LogP contribution < -0.4 is 10.1 Å². The van der Waals surface area contributed by atoms with Crippen molar-refractivity contribution in [3.8, 4) is 11.6 Å². The summed E-state index contributed by atoms with van der Waals surface area (Å²) in [5, 5.41) is 5.33. The van der Waals surface area contributed by atoms with Gasteiger partial charge < -0.3 is 10.1 Å². The molecule has 1 heterocycles. The predicted molar refractivity (Wildman–Crippen MR) is 87.9 cm³/mol.